The third kappa shape index (κ3) is 2.78. The zero-order valence-corrected chi connectivity index (χ0v) is 12.2. The van der Waals surface area contributed by atoms with Crippen molar-refractivity contribution in [2.24, 2.45) is 5.41 Å². The van der Waals surface area contributed by atoms with Crippen LogP contribution < -0.4 is 0 Å². The fraction of sp³-hybridized carbons (Fsp3) is 0.444. The number of aliphatic carboxylic acids is 1. The van der Waals surface area contributed by atoms with Gasteiger partial charge in [-0.2, -0.15) is 0 Å². The van der Waals surface area contributed by atoms with Gasteiger partial charge in [0.1, 0.15) is 0 Å². The number of hydrogen-bond acceptors (Lipinski definition) is 2. The molecule has 0 aliphatic heterocycles. The molecular weight excluding hydrogens is 262 g/mol. The summed E-state index contributed by atoms with van der Waals surface area (Å²) >= 11 is 0. The second-order valence-corrected chi connectivity index (χ2v) is 6.16. The van der Waals surface area contributed by atoms with Crippen molar-refractivity contribution >= 4 is 16.9 Å². The molecule has 1 heterocycles. The van der Waals surface area contributed by atoms with E-state index in [-0.39, 0.29) is 0 Å². The molecule has 3 rings (SSSR count). The number of aromatic nitrogens is 1. The Morgan fingerprint density at radius 1 is 1.10 bits per heavy atom. The predicted molar refractivity (Wildman–Crippen MR) is 83.2 cm³/mol. The molecule has 0 saturated heterocycles. The van der Waals surface area contributed by atoms with Gasteiger partial charge in [-0.15, -0.1) is 0 Å². The fourth-order valence-corrected chi connectivity index (χ4v) is 3.55. The Morgan fingerprint density at radius 3 is 2.52 bits per heavy atom. The third-order valence-corrected chi connectivity index (χ3v) is 4.78. The molecule has 0 spiro atoms. The van der Waals surface area contributed by atoms with Crippen LogP contribution >= 0.6 is 0 Å². The van der Waals surface area contributed by atoms with E-state index in [0.29, 0.717) is 6.42 Å². The van der Waals surface area contributed by atoms with Crippen LogP contribution in [0.15, 0.2) is 36.5 Å². The zero-order valence-electron chi connectivity index (χ0n) is 12.2. The Morgan fingerprint density at radius 2 is 1.81 bits per heavy atom. The van der Waals surface area contributed by atoms with E-state index in [2.05, 4.69) is 4.98 Å². The topological polar surface area (TPSA) is 50.2 Å². The SMILES string of the molecule is O=C(O)C1(Cc2ccnc3ccccc23)CCCCCC1. The summed E-state index contributed by atoms with van der Waals surface area (Å²) in [5.41, 5.74) is 1.47. The average Bonchev–Trinajstić information content (AvgIpc) is 2.74. The van der Waals surface area contributed by atoms with Gasteiger partial charge in [0.05, 0.1) is 10.9 Å². The van der Waals surface area contributed by atoms with E-state index in [0.717, 1.165) is 55.0 Å². The molecule has 1 N–H and O–H groups in total. The molecular formula is C18H21NO2. The molecule has 1 saturated carbocycles. The van der Waals surface area contributed by atoms with Gasteiger partial charge < -0.3 is 5.11 Å². The fourth-order valence-electron chi connectivity index (χ4n) is 3.55. The van der Waals surface area contributed by atoms with Crippen molar-refractivity contribution in [3.05, 3.63) is 42.1 Å². The maximum absolute atomic E-state index is 12.0. The Labute approximate surface area is 125 Å². The highest BCUT2D eigenvalue weighted by molar-refractivity contribution is 5.83. The number of carboxylic acid groups (broad SMARTS) is 1. The van der Waals surface area contributed by atoms with Crippen LogP contribution in [0.1, 0.15) is 44.1 Å². The third-order valence-electron chi connectivity index (χ3n) is 4.78. The zero-order chi connectivity index (χ0) is 14.7. The second kappa shape index (κ2) is 5.84. The Balaban J connectivity index is 2.00. The maximum Gasteiger partial charge on any atom is 0.309 e. The lowest BCUT2D eigenvalue weighted by Crippen LogP contribution is -2.33. The summed E-state index contributed by atoms with van der Waals surface area (Å²) in [7, 11) is 0. The van der Waals surface area contributed by atoms with Gasteiger partial charge in [-0.05, 0) is 37.0 Å². The lowest BCUT2D eigenvalue weighted by molar-refractivity contribution is -0.149. The van der Waals surface area contributed by atoms with Gasteiger partial charge >= 0.3 is 5.97 Å². The molecule has 2 aromatic rings. The molecule has 1 aliphatic rings. The summed E-state index contributed by atoms with van der Waals surface area (Å²) in [6.45, 7) is 0. The minimum Gasteiger partial charge on any atom is -0.481 e. The average molecular weight is 283 g/mol. The molecule has 0 unspecified atom stereocenters. The summed E-state index contributed by atoms with van der Waals surface area (Å²) in [6.07, 6.45) is 8.36. The molecule has 110 valence electrons. The maximum atomic E-state index is 12.0. The van der Waals surface area contributed by atoms with Gasteiger partial charge in [0.2, 0.25) is 0 Å². The Hall–Kier alpha value is -1.90. The summed E-state index contributed by atoms with van der Waals surface area (Å²) in [4.78, 5) is 16.3. The molecule has 21 heavy (non-hydrogen) atoms. The lowest BCUT2D eigenvalue weighted by Gasteiger charge is -2.28. The van der Waals surface area contributed by atoms with Gasteiger partial charge in [0, 0.05) is 11.6 Å². The van der Waals surface area contributed by atoms with Crippen molar-refractivity contribution in [1.82, 2.24) is 4.98 Å². The van der Waals surface area contributed by atoms with E-state index >= 15 is 0 Å². The van der Waals surface area contributed by atoms with Gasteiger partial charge in [-0.25, -0.2) is 0 Å². The summed E-state index contributed by atoms with van der Waals surface area (Å²) in [5.74, 6) is -0.634. The number of pyridine rings is 1. The highest BCUT2D eigenvalue weighted by Crippen LogP contribution is 2.39. The van der Waals surface area contributed by atoms with Crippen LogP contribution in [0.4, 0.5) is 0 Å². The van der Waals surface area contributed by atoms with E-state index < -0.39 is 11.4 Å². The largest absolute Gasteiger partial charge is 0.481 e. The van der Waals surface area contributed by atoms with Gasteiger partial charge in [-0.1, -0.05) is 43.9 Å². The van der Waals surface area contributed by atoms with Crippen LogP contribution in [0, 0.1) is 5.41 Å². The second-order valence-electron chi connectivity index (χ2n) is 6.16. The summed E-state index contributed by atoms with van der Waals surface area (Å²) in [6, 6.07) is 9.98. The van der Waals surface area contributed by atoms with Gasteiger partial charge in [-0.3, -0.25) is 9.78 Å². The summed E-state index contributed by atoms with van der Waals surface area (Å²) in [5, 5.41) is 10.9. The van der Waals surface area contributed by atoms with Crippen LogP contribution in [0.5, 0.6) is 0 Å². The first-order valence-electron chi connectivity index (χ1n) is 7.77. The van der Waals surface area contributed by atoms with Gasteiger partial charge in [0.15, 0.2) is 0 Å². The molecule has 0 bridgehead atoms. The first-order valence-corrected chi connectivity index (χ1v) is 7.77. The predicted octanol–water partition coefficient (Wildman–Crippen LogP) is 4.20. The minimum atomic E-state index is -0.634. The summed E-state index contributed by atoms with van der Waals surface area (Å²) < 4.78 is 0. The molecule has 3 nitrogen and oxygen atoms in total. The normalized spacial score (nSPS) is 18.3. The number of carboxylic acids is 1. The van der Waals surface area contributed by atoms with Crippen LogP contribution in [-0.2, 0) is 11.2 Å². The quantitative estimate of drug-likeness (QED) is 0.859. The first kappa shape index (κ1) is 14.1. The van der Waals surface area contributed by atoms with Crippen LogP contribution in [0.2, 0.25) is 0 Å². The number of fused-ring (bicyclic) bond motifs is 1. The number of para-hydroxylation sites is 1. The molecule has 1 aliphatic carbocycles. The van der Waals surface area contributed by atoms with Crippen molar-refractivity contribution in [3.8, 4) is 0 Å². The van der Waals surface area contributed by atoms with Crippen molar-refractivity contribution in [1.29, 1.82) is 0 Å². The monoisotopic (exact) mass is 283 g/mol. The van der Waals surface area contributed by atoms with Crippen molar-refractivity contribution in [2.45, 2.75) is 44.9 Å². The number of hydrogen-bond donors (Lipinski definition) is 1. The molecule has 1 aromatic carbocycles. The lowest BCUT2D eigenvalue weighted by atomic mass is 9.75. The van der Waals surface area contributed by atoms with Crippen molar-refractivity contribution in [2.75, 3.05) is 0 Å². The molecule has 1 fully saturated rings. The van der Waals surface area contributed by atoms with Crippen LogP contribution in [-0.4, -0.2) is 16.1 Å². The standard InChI is InChI=1S/C18H21NO2/c20-17(21)18(10-5-1-2-6-11-18)13-14-9-12-19-16-8-4-3-7-15(14)16/h3-4,7-9,12H,1-2,5-6,10-11,13H2,(H,20,21). The molecule has 0 atom stereocenters. The number of nitrogens with zero attached hydrogens (tertiary/aromatic N) is 1. The highest BCUT2D eigenvalue weighted by atomic mass is 16.4. The van der Waals surface area contributed by atoms with E-state index in [9.17, 15) is 9.90 Å². The van der Waals surface area contributed by atoms with E-state index in [1.807, 2.05) is 30.3 Å². The molecule has 3 heteroatoms. The molecule has 0 radical (unpaired) electrons. The molecule has 0 amide bonds. The Bertz CT molecular complexity index is 637. The van der Waals surface area contributed by atoms with E-state index in [1.165, 1.54) is 0 Å². The number of carbonyl (C=O) groups is 1. The van der Waals surface area contributed by atoms with E-state index in [4.69, 9.17) is 0 Å². The van der Waals surface area contributed by atoms with Crippen molar-refractivity contribution < 1.29 is 9.90 Å². The first-order chi connectivity index (χ1) is 10.2. The minimum absolute atomic E-state index is 0.597. The van der Waals surface area contributed by atoms with Gasteiger partial charge in [0.25, 0.3) is 0 Å². The van der Waals surface area contributed by atoms with Crippen LogP contribution in [0.25, 0.3) is 10.9 Å². The van der Waals surface area contributed by atoms with E-state index in [1.54, 1.807) is 6.20 Å². The van der Waals surface area contributed by atoms with Crippen molar-refractivity contribution in [3.63, 3.8) is 0 Å². The Kier molecular flexibility index (Phi) is 3.91. The van der Waals surface area contributed by atoms with Crippen LogP contribution in [0.3, 0.4) is 0 Å². The number of benzene rings is 1. The smallest absolute Gasteiger partial charge is 0.309 e. The number of rotatable bonds is 3. The molecule has 1 aromatic heterocycles. The highest BCUT2D eigenvalue weighted by Gasteiger charge is 2.38.